The maximum Gasteiger partial charge on any atom is 0.287 e. The van der Waals surface area contributed by atoms with Gasteiger partial charge in [0.05, 0.1) is 17.3 Å². The van der Waals surface area contributed by atoms with E-state index in [0.29, 0.717) is 35.9 Å². The van der Waals surface area contributed by atoms with E-state index in [0.717, 1.165) is 37.9 Å². The van der Waals surface area contributed by atoms with E-state index in [4.69, 9.17) is 5.26 Å². The van der Waals surface area contributed by atoms with Crippen molar-refractivity contribution in [3.8, 4) is 6.07 Å². The Bertz CT molecular complexity index is 924. The first-order valence-corrected chi connectivity index (χ1v) is 9.83. The maximum atomic E-state index is 12.8. The summed E-state index contributed by atoms with van der Waals surface area (Å²) in [6.45, 7) is 2.14. The molecule has 0 fully saturated rings. The van der Waals surface area contributed by atoms with Crippen LogP contribution in [0.15, 0.2) is 24.3 Å². The largest absolute Gasteiger partial charge is 0.349 e. The van der Waals surface area contributed by atoms with Gasteiger partial charge in [-0.25, -0.2) is 4.98 Å². The van der Waals surface area contributed by atoms with Crippen LogP contribution in [-0.4, -0.2) is 53.5 Å². The fourth-order valence-electron chi connectivity index (χ4n) is 3.39. The van der Waals surface area contributed by atoms with Crippen molar-refractivity contribution < 1.29 is 9.59 Å². The Balaban J connectivity index is 1.75. The third-order valence-electron chi connectivity index (χ3n) is 4.88. The van der Waals surface area contributed by atoms with Crippen LogP contribution in [0.2, 0.25) is 0 Å². The molecule has 1 aromatic carbocycles. The van der Waals surface area contributed by atoms with E-state index < -0.39 is 0 Å². The van der Waals surface area contributed by atoms with Crippen molar-refractivity contribution >= 4 is 17.5 Å². The molecule has 2 heterocycles. The molecule has 0 atom stereocenters. The molecule has 0 spiro atoms. The van der Waals surface area contributed by atoms with E-state index in [1.165, 1.54) is 0 Å². The molecule has 3 rings (SSSR count). The molecule has 8 heteroatoms. The third-order valence-corrected chi connectivity index (χ3v) is 4.88. The van der Waals surface area contributed by atoms with Crippen LogP contribution in [-0.2, 0) is 13.0 Å². The summed E-state index contributed by atoms with van der Waals surface area (Å²) in [6.07, 6.45) is 3.49. The van der Waals surface area contributed by atoms with Crippen LogP contribution in [0.4, 0.5) is 5.69 Å². The highest BCUT2D eigenvalue weighted by molar-refractivity contribution is 6.05. The van der Waals surface area contributed by atoms with Crippen LogP contribution in [0, 0.1) is 11.3 Å². The number of rotatable bonds is 7. The topological polar surface area (TPSA) is 103 Å². The lowest BCUT2D eigenvalue weighted by Crippen LogP contribution is -2.30. The van der Waals surface area contributed by atoms with E-state index >= 15 is 0 Å². The molecule has 1 aromatic heterocycles. The van der Waals surface area contributed by atoms with Gasteiger partial charge in [0, 0.05) is 18.8 Å². The average molecular weight is 394 g/mol. The number of aromatic nitrogens is 2. The zero-order chi connectivity index (χ0) is 20.8. The molecule has 0 aliphatic carbocycles. The number of nitrogens with zero attached hydrogens (tertiary/aromatic N) is 4. The van der Waals surface area contributed by atoms with Gasteiger partial charge >= 0.3 is 0 Å². The van der Waals surface area contributed by atoms with Crippen LogP contribution < -0.4 is 10.6 Å². The second kappa shape index (κ2) is 9.34. The van der Waals surface area contributed by atoms with Crippen molar-refractivity contribution in [3.05, 3.63) is 47.0 Å². The molecule has 2 amide bonds. The molecule has 1 aliphatic heterocycles. The predicted octanol–water partition coefficient (Wildman–Crippen LogP) is 2.02. The van der Waals surface area contributed by atoms with Gasteiger partial charge in [-0.05, 0) is 70.6 Å². The molecule has 0 radical (unpaired) electrons. The van der Waals surface area contributed by atoms with Gasteiger partial charge < -0.3 is 20.1 Å². The van der Waals surface area contributed by atoms with Gasteiger partial charge in [-0.1, -0.05) is 0 Å². The van der Waals surface area contributed by atoms with Crippen LogP contribution in [0.1, 0.15) is 51.6 Å². The Morgan fingerprint density at radius 1 is 1.21 bits per heavy atom. The lowest BCUT2D eigenvalue weighted by Gasteiger charge is -2.17. The molecule has 29 heavy (non-hydrogen) atoms. The average Bonchev–Trinajstić information content (AvgIpc) is 3.11. The Hall–Kier alpha value is -3.18. The fourth-order valence-corrected chi connectivity index (χ4v) is 3.39. The smallest absolute Gasteiger partial charge is 0.287 e. The zero-order valence-electron chi connectivity index (χ0n) is 16.9. The van der Waals surface area contributed by atoms with Crippen molar-refractivity contribution in [3.63, 3.8) is 0 Å². The number of hydrogen-bond donors (Lipinski definition) is 2. The minimum absolute atomic E-state index is 0.246. The lowest BCUT2D eigenvalue weighted by molar-refractivity contribution is 0.0936. The summed E-state index contributed by atoms with van der Waals surface area (Å²) in [5.74, 6) is -0.286. The van der Waals surface area contributed by atoms with E-state index in [2.05, 4.69) is 20.5 Å². The van der Waals surface area contributed by atoms with Crippen molar-refractivity contribution in [2.75, 3.05) is 32.5 Å². The monoisotopic (exact) mass is 394 g/mol. The highest BCUT2D eigenvalue weighted by Gasteiger charge is 2.27. The van der Waals surface area contributed by atoms with E-state index in [-0.39, 0.29) is 11.8 Å². The number of fused-ring (bicyclic) bond motifs is 1. The molecule has 0 saturated carbocycles. The van der Waals surface area contributed by atoms with Gasteiger partial charge in [-0.15, -0.1) is 0 Å². The molecule has 8 nitrogen and oxygen atoms in total. The minimum atomic E-state index is -0.341. The van der Waals surface area contributed by atoms with E-state index in [1.54, 1.807) is 24.3 Å². The molecule has 0 bridgehead atoms. The van der Waals surface area contributed by atoms with Crippen LogP contribution in [0.3, 0.4) is 0 Å². The first-order chi connectivity index (χ1) is 14.0. The van der Waals surface area contributed by atoms with Gasteiger partial charge in [-0.3, -0.25) is 9.59 Å². The van der Waals surface area contributed by atoms with Gasteiger partial charge in [0.2, 0.25) is 0 Å². The Kier molecular flexibility index (Phi) is 6.62. The Morgan fingerprint density at radius 3 is 2.66 bits per heavy atom. The number of anilines is 1. The van der Waals surface area contributed by atoms with Crippen LogP contribution >= 0.6 is 0 Å². The van der Waals surface area contributed by atoms with Gasteiger partial charge in [-0.2, -0.15) is 5.26 Å². The molecule has 2 N–H and O–H groups in total. The number of carbonyl (C=O) groups excluding carboxylic acids is 2. The Morgan fingerprint density at radius 2 is 1.97 bits per heavy atom. The number of nitriles is 1. The predicted molar refractivity (Wildman–Crippen MR) is 110 cm³/mol. The normalized spacial score (nSPS) is 12.9. The van der Waals surface area contributed by atoms with Crippen LogP contribution in [0.25, 0.3) is 0 Å². The summed E-state index contributed by atoms with van der Waals surface area (Å²) >= 11 is 0. The number of amides is 2. The SMILES string of the molecule is CN(C)CCCNC(=O)c1nc(C(=O)Nc2ccc(C#N)cc2)c2n1CCCC2. The molecular weight excluding hydrogens is 368 g/mol. The number of benzene rings is 1. The zero-order valence-corrected chi connectivity index (χ0v) is 16.9. The number of imidazole rings is 1. The van der Waals surface area contributed by atoms with Gasteiger partial charge in [0.25, 0.3) is 11.8 Å². The number of carbonyl (C=O) groups is 2. The minimum Gasteiger partial charge on any atom is -0.349 e. The number of nitrogens with one attached hydrogen (secondary N) is 2. The quantitative estimate of drug-likeness (QED) is 0.700. The summed E-state index contributed by atoms with van der Waals surface area (Å²) < 4.78 is 1.87. The molecule has 152 valence electrons. The molecule has 1 aliphatic rings. The molecule has 2 aromatic rings. The molecule has 0 saturated heterocycles. The summed E-state index contributed by atoms with van der Waals surface area (Å²) in [5, 5.41) is 14.6. The van der Waals surface area contributed by atoms with Gasteiger partial charge in [0.15, 0.2) is 11.5 Å². The van der Waals surface area contributed by atoms with Crippen molar-refractivity contribution in [1.82, 2.24) is 19.8 Å². The summed E-state index contributed by atoms with van der Waals surface area (Å²) in [4.78, 5) is 32.0. The van der Waals surface area contributed by atoms with Crippen molar-refractivity contribution in [1.29, 1.82) is 5.26 Å². The second-order valence-electron chi connectivity index (χ2n) is 7.40. The van der Waals surface area contributed by atoms with Gasteiger partial charge in [0.1, 0.15) is 0 Å². The highest BCUT2D eigenvalue weighted by atomic mass is 16.2. The second-order valence-corrected chi connectivity index (χ2v) is 7.40. The first-order valence-electron chi connectivity index (χ1n) is 9.83. The third kappa shape index (κ3) is 5.00. The first kappa shape index (κ1) is 20.6. The van der Waals surface area contributed by atoms with Crippen molar-refractivity contribution in [2.24, 2.45) is 0 Å². The van der Waals surface area contributed by atoms with Crippen LogP contribution in [0.5, 0.6) is 0 Å². The van der Waals surface area contributed by atoms with E-state index in [1.807, 2.05) is 24.7 Å². The lowest BCUT2D eigenvalue weighted by atomic mass is 10.1. The standard InChI is InChI=1S/C21H26N6O2/c1-26(2)12-5-11-23-21(29)19-25-18(17-6-3-4-13-27(17)19)20(28)24-16-9-7-15(14-22)8-10-16/h7-10H,3-6,11-13H2,1-2H3,(H,23,29)(H,24,28). The van der Waals surface area contributed by atoms with Crippen molar-refractivity contribution in [2.45, 2.75) is 32.2 Å². The maximum absolute atomic E-state index is 12.8. The Labute approximate surface area is 170 Å². The number of hydrogen-bond acceptors (Lipinski definition) is 5. The molecular formula is C21H26N6O2. The summed E-state index contributed by atoms with van der Waals surface area (Å²) in [5.41, 5.74) is 2.21. The van der Waals surface area contributed by atoms with E-state index in [9.17, 15) is 9.59 Å². The molecule has 0 unspecified atom stereocenters. The highest BCUT2D eigenvalue weighted by Crippen LogP contribution is 2.22. The summed E-state index contributed by atoms with van der Waals surface area (Å²) in [6, 6.07) is 8.69. The fraction of sp³-hybridized carbons (Fsp3) is 0.429. The summed E-state index contributed by atoms with van der Waals surface area (Å²) in [7, 11) is 3.98.